The minimum absolute atomic E-state index is 0.209. The van der Waals surface area contributed by atoms with Crippen LogP contribution in [0.5, 0.6) is 0 Å². The molecule has 0 amide bonds. The molecule has 3 heterocycles. The maximum atomic E-state index is 11.7. The molecule has 3 aliphatic rings. The fraction of sp³-hybridized carbons (Fsp3) is 1.00. The Morgan fingerprint density at radius 3 is 2.29 bits per heavy atom. The Labute approximate surface area is 128 Å². The number of sulfone groups is 1. The molecule has 3 aliphatic heterocycles. The van der Waals surface area contributed by atoms with Gasteiger partial charge in [-0.2, -0.15) is 0 Å². The molecule has 1 spiro atoms. The van der Waals surface area contributed by atoms with Gasteiger partial charge in [0.1, 0.15) is 5.88 Å². The van der Waals surface area contributed by atoms with Gasteiger partial charge in [-0.1, -0.05) is 0 Å². The molecule has 2 atom stereocenters. The van der Waals surface area contributed by atoms with Gasteiger partial charge in [-0.05, 0) is 33.1 Å². The standard InChI is InChI=1S/C15H28N2O3S/c1-13(16-7-3-9-21(18,19)12-16)4-5-14(2)17-10-15(11-17)6-8-20-15/h13-14H,3-12H2,1-2H3. The average molecular weight is 316 g/mol. The Morgan fingerprint density at radius 2 is 1.76 bits per heavy atom. The quantitative estimate of drug-likeness (QED) is 0.760. The van der Waals surface area contributed by atoms with Crippen LogP contribution in [0.3, 0.4) is 0 Å². The first-order chi connectivity index (χ1) is 9.89. The third-order valence-corrected chi connectivity index (χ3v) is 7.10. The molecular formula is C15H28N2O3S. The first-order valence-corrected chi connectivity index (χ1v) is 10.0. The summed E-state index contributed by atoms with van der Waals surface area (Å²) in [6.07, 6.45) is 4.21. The Balaban J connectivity index is 1.40. The molecule has 0 bridgehead atoms. The molecule has 5 nitrogen and oxygen atoms in total. The molecule has 6 heteroatoms. The predicted octanol–water partition coefficient (Wildman–Crippen LogP) is 1.10. The predicted molar refractivity (Wildman–Crippen MR) is 83.0 cm³/mol. The number of hydrogen-bond donors (Lipinski definition) is 0. The molecule has 3 saturated heterocycles. The Hall–Kier alpha value is -0.170. The monoisotopic (exact) mass is 316 g/mol. The van der Waals surface area contributed by atoms with Gasteiger partial charge < -0.3 is 4.74 Å². The second-order valence-corrected chi connectivity index (χ2v) is 9.36. The first kappa shape index (κ1) is 15.7. The zero-order valence-electron chi connectivity index (χ0n) is 13.3. The van der Waals surface area contributed by atoms with E-state index >= 15 is 0 Å². The highest BCUT2D eigenvalue weighted by Gasteiger charge is 2.50. The van der Waals surface area contributed by atoms with Gasteiger partial charge in [-0.25, -0.2) is 8.42 Å². The van der Waals surface area contributed by atoms with Crippen molar-refractivity contribution in [1.82, 2.24) is 9.80 Å². The summed E-state index contributed by atoms with van der Waals surface area (Å²) in [5.74, 6) is 0.617. The van der Waals surface area contributed by atoms with E-state index in [0.717, 1.165) is 45.5 Å². The van der Waals surface area contributed by atoms with Crippen molar-refractivity contribution in [1.29, 1.82) is 0 Å². The lowest BCUT2D eigenvalue weighted by Crippen LogP contribution is -2.69. The molecule has 0 aromatic rings. The van der Waals surface area contributed by atoms with E-state index < -0.39 is 9.84 Å². The highest BCUT2D eigenvalue weighted by molar-refractivity contribution is 7.91. The van der Waals surface area contributed by atoms with E-state index in [1.165, 1.54) is 6.42 Å². The highest BCUT2D eigenvalue weighted by Crippen LogP contribution is 2.37. The van der Waals surface area contributed by atoms with Crippen molar-refractivity contribution < 1.29 is 13.2 Å². The van der Waals surface area contributed by atoms with Crippen molar-refractivity contribution in [3.63, 3.8) is 0 Å². The minimum atomic E-state index is -2.84. The normalized spacial score (nSPS) is 31.3. The fourth-order valence-electron chi connectivity index (χ4n) is 3.71. The lowest BCUT2D eigenvalue weighted by Gasteiger charge is -2.57. The van der Waals surface area contributed by atoms with E-state index in [9.17, 15) is 8.42 Å². The summed E-state index contributed by atoms with van der Waals surface area (Å²) in [6.45, 7) is 8.48. The van der Waals surface area contributed by atoms with Gasteiger partial charge in [0.05, 0.1) is 18.0 Å². The summed E-state index contributed by atoms with van der Waals surface area (Å²) >= 11 is 0. The van der Waals surface area contributed by atoms with E-state index in [1.807, 2.05) is 0 Å². The van der Waals surface area contributed by atoms with Crippen molar-refractivity contribution in [3.8, 4) is 0 Å². The van der Waals surface area contributed by atoms with Crippen LogP contribution >= 0.6 is 0 Å². The number of rotatable bonds is 5. The minimum Gasteiger partial charge on any atom is -0.372 e. The van der Waals surface area contributed by atoms with Crippen LogP contribution in [0.15, 0.2) is 0 Å². The molecule has 21 heavy (non-hydrogen) atoms. The smallest absolute Gasteiger partial charge is 0.163 e. The third kappa shape index (κ3) is 3.44. The number of hydrogen-bond acceptors (Lipinski definition) is 5. The number of nitrogens with zero attached hydrogens (tertiary/aromatic N) is 2. The second kappa shape index (κ2) is 5.80. The van der Waals surface area contributed by atoms with Crippen molar-refractivity contribution >= 4 is 9.84 Å². The number of likely N-dealkylation sites (tertiary alicyclic amines) is 1. The Morgan fingerprint density at radius 1 is 1.14 bits per heavy atom. The van der Waals surface area contributed by atoms with Gasteiger partial charge in [-0.15, -0.1) is 0 Å². The van der Waals surface area contributed by atoms with Gasteiger partial charge in [0, 0.05) is 38.1 Å². The van der Waals surface area contributed by atoms with Crippen LogP contribution in [-0.4, -0.2) is 73.8 Å². The fourth-order valence-corrected chi connectivity index (χ4v) is 5.30. The Bertz CT molecular complexity index is 467. The van der Waals surface area contributed by atoms with Crippen LogP contribution in [0.1, 0.15) is 39.5 Å². The summed E-state index contributed by atoms with van der Waals surface area (Å²) in [4.78, 5) is 4.64. The highest BCUT2D eigenvalue weighted by atomic mass is 32.2. The average Bonchev–Trinajstić information content (AvgIpc) is 2.31. The Kier molecular flexibility index (Phi) is 4.34. The summed E-state index contributed by atoms with van der Waals surface area (Å²) in [5, 5.41) is 0. The van der Waals surface area contributed by atoms with Gasteiger partial charge in [0.15, 0.2) is 9.84 Å². The van der Waals surface area contributed by atoms with Gasteiger partial charge in [0.25, 0.3) is 0 Å². The summed E-state index contributed by atoms with van der Waals surface area (Å²) in [5.41, 5.74) is 0.209. The molecule has 0 aliphatic carbocycles. The van der Waals surface area contributed by atoms with Crippen LogP contribution in [0, 0.1) is 0 Å². The largest absolute Gasteiger partial charge is 0.372 e. The maximum Gasteiger partial charge on any atom is 0.163 e. The van der Waals surface area contributed by atoms with E-state index in [-0.39, 0.29) is 11.5 Å². The van der Waals surface area contributed by atoms with Crippen LogP contribution in [0.25, 0.3) is 0 Å². The number of ether oxygens (including phenoxy) is 1. The van der Waals surface area contributed by atoms with Crippen molar-refractivity contribution in [2.75, 3.05) is 37.9 Å². The second-order valence-electron chi connectivity index (χ2n) is 7.20. The van der Waals surface area contributed by atoms with Crippen LogP contribution < -0.4 is 0 Å². The lowest BCUT2D eigenvalue weighted by atomic mass is 9.84. The molecular weight excluding hydrogens is 288 g/mol. The molecule has 3 rings (SSSR count). The van der Waals surface area contributed by atoms with Crippen molar-refractivity contribution in [2.45, 2.75) is 57.2 Å². The van der Waals surface area contributed by atoms with E-state index in [4.69, 9.17) is 4.74 Å². The van der Waals surface area contributed by atoms with Crippen LogP contribution in [-0.2, 0) is 14.6 Å². The molecule has 122 valence electrons. The molecule has 0 aromatic carbocycles. The summed E-state index contributed by atoms with van der Waals surface area (Å²) in [7, 11) is -2.84. The van der Waals surface area contributed by atoms with Crippen molar-refractivity contribution in [2.24, 2.45) is 0 Å². The van der Waals surface area contributed by atoms with Gasteiger partial charge in [0.2, 0.25) is 0 Å². The first-order valence-electron chi connectivity index (χ1n) is 8.22. The van der Waals surface area contributed by atoms with Gasteiger partial charge >= 0.3 is 0 Å². The van der Waals surface area contributed by atoms with E-state index in [1.54, 1.807) is 0 Å². The maximum absolute atomic E-state index is 11.7. The summed E-state index contributed by atoms with van der Waals surface area (Å²) < 4.78 is 29.1. The van der Waals surface area contributed by atoms with E-state index in [0.29, 0.717) is 17.8 Å². The van der Waals surface area contributed by atoms with E-state index in [2.05, 4.69) is 23.6 Å². The lowest BCUT2D eigenvalue weighted by molar-refractivity contribution is -0.229. The third-order valence-electron chi connectivity index (χ3n) is 5.46. The topological polar surface area (TPSA) is 49.9 Å². The van der Waals surface area contributed by atoms with Crippen LogP contribution in [0.4, 0.5) is 0 Å². The molecule has 0 N–H and O–H groups in total. The molecule has 0 saturated carbocycles. The zero-order valence-corrected chi connectivity index (χ0v) is 14.1. The molecule has 3 fully saturated rings. The molecule has 0 aromatic heterocycles. The molecule has 0 radical (unpaired) electrons. The molecule has 2 unspecified atom stereocenters. The SMILES string of the molecule is CC(CCC(C)N1CCCS(=O)(=O)C1)N1CC2(CCO2)C1. The summed E-state index contributed by atoms with van der Waals surface area (Å²) in [6, 6.07) is 0.932. The van der Waals surface area contributed by atoms with Gasteiger partial charge in [-0.3, -0.25) is 9.80 Å². The van der Waals surface area contributed by atoms with Crippen LogP contribution in [0.2, 0.25) is 0 Å². The van der Waals surface area contributed by atoms with Crippen molar-refractivity contribution in [3.05, 3.63) is 0 Å². The zero-order chi connectivity index (χ0) is 15.1.